The molecule has 0 unspecified atom stereocenters. The maximum atomic E-state index is 3.44. The van der Waals surface area contributed by atoms with E-state index in [-0.39, 0.29) is 36.5 Å². The maximum absolute atomic E-state index is 3.44. The van der Waals surface area contributed by atoms with Gasteiger partial charge >= 0.3 is 0 Å². The minimum Gasteiger partial charge on any atom is -0.289 e. The van der Waals surface area contributed by atoms with Crippen molar-refractivity contribution in [3.63, 3.8) is 0 Å². The van der Waals surface area contributed by atoms with Crippen LogP contribution in [0.1, 0.15) is 38.2 Å². The van der Waals surface area contributed by atoms with Gasteiger partial charge in [0.25, 0.3) is 0 Å². The van der Waals surface area contributed by atoms with Crippen molar-refractivity contribution in [3.8, 4) is 0 Å². The SMILES string of the molecule is Br.CCCCCCc1[c-]sc(Br)c1.[Zn]. The molecule has 0 amide bonds. The fraction of sp³-hybridized carbons (Fsp3) is 0.600. The Morgan fingerprint density at radius 3 is 2.57 bits per heavy atom. The summed E-state index contributed by atoms with van der Waals surface area (Å²) in [7, 11) is 0. The molecule has 0 N–H and O–H groups in total. The molecule has 1 aromatic heterocycles. The third-order valence-corrected chi connectivity index (χ3v) is 3.26. The average Bonchev–Trinajstić information content (AvgIpc) is 2.45. The van der Waals surface area contributed by atoms with Crippen molar-refractivity contribution in [1.82, 2.24) is 0 Å². The Morgan fingerprint density at radius 1 is 1.36 bits per heavy atom. The summed E-state index contributed by atoms with van der Waals surface area (Å²) in [6.07, 6.45) is 6.55. The summed E-state index contributed by atoms with van der Waals surface area (Å²) in [6.45, 7) is 2.24. The molecule has 0 saturated heterocycles. The summed E-state index contributed by atoms with van der Waals surface area (Å²) < 4.78 is 1.20. The molecule has 0 bridgehead atoms. The van der Waals surface area contributed by atoms with Crippen LogP contribution in [0.3, 0.4) is 0 Å². The molecule has 0 nitrogen and oxygen atoms in total. The van der Waals surface area contributed by atoms with Gasteiger partial charge in [-0.3, -0.25) is 11.3 Å². The van der Waals surface area contributed by atoms with Gasteiger partial charge in [-0.2, -0.15) is 11.6 Å². The average molecular weight is 392 g/mol. The van der Waals surface area contributed by atoms with Crippen LogP contribution in [-0.4, -0.2) is 0 Å². The van der Waals surface area contributed by atoms with E-state index in [1.54, 1.807) is 11.3 Å². The van der Waals surface area contributed by atoms with Crippen molar-refractivity contribution in [2.24, 2.45) is 0 Å². The number of hydrogen-bond donors (Lipinski definition) is 0. The molecule has 14 heavy (non-hydrogen) atoms. The van der Waals surface area contributed by atoms with Crippen molar-refractivity contribution in [2.75, 3.05) is 0 Å². The van der Waals surface area contributed by atoms with Gasteiger partial charge in [0.2, 0.25) is 0 Å². The van der Waals surface area contributed by atoms with Crippen molar-refractivity contribution in [1.29, 1.82) is 0 Å². The summed E-state index contributed by atoms with van der Waals surface area (Å²) in [4.78, 5) is 0. The molecule has 0 spiro atoms. The van der Waals surface area contributed by atoms with Gasteiger partial charge in [0.15, 0.2) is 0 Å². The van der Waals surface area contributed by atoms with E-state index in [4.69, 9.17) is 0 Å². The summed E-state index contributed by atoms with van der Waals surface area (Å²) in [5.74, 6) is 0. The molecular formula is C10H15Br2SZn-. The van der Waals surface area contributed by atoms with Gasteiger partial charge in [0, 0.05) is 19.5 Å². The number of unbranched alkanes of at least 4 members (excludes halogenated alkanes) is 3. The molecule has 0 aliphatic carbocycles. The standard InChI is InChI=1S/C10H14BrS.BrH.Zn/c1-2-3-4-5-6-9-7-10(11)12-8-9;;/h7H,2-6H2,1H3;1H;/q-1;;. The zero-order chi connectivity index (χ0) is 8.81. The zero-order valence-corrected chi connectivity index (χ0v) is 15.6. The second-order valence-electron chi connectivity index (χ2n) is 2.99. The Labute approximate surface area is 123 Å². The first-order valence-corrected chi connectivity index (χ1v) is 6.09. The monoisotopic (exact) mass is 389 g/mol. The predicted octanol–water partition coefficient (Wildman–Crippen LogP) is 5.01. The third kappa shape index (κ3) is 7.56. The zero-order valence-electron chi connectivity index (χ0n) is 8.51. The van der Waals surface area contributed by atoms with Crippen molar-refractivity contribution in [2.45, 2.75) is 39.0 Å². The molecule has 0 fully saturated rings. The molecule has 1 aromatic rings. The number of aryl methyl sites for hydroxylation is 1. The van der Waals surface area contributed by atoms with Gasteiger partial charge in [-0.15, -0.1) is 38.3 Å². The summed E-state index contributed by atoms with van der Waals surface area (Å²) in [5, 5.41) is 3.28. The van der Waals surface area contributed by atoms with Gasteiger partial charge in [-0.05, 0) is 0 Å². The summed E-state index contributed by atoms with van der Waals surface area (Å²) in [5.41, 5.74) is 1.36. The first kappa shape index (κ1) is 17.7. The third-order valence-electron chi connectivity index (χ3n) is 1.87. The quantitative estimate of drug-likeness (QED) is 0.375. The van der Waals surface area contributed by atoms with E-state index >= 15 is 0 Å². The largest absolute Gasteiger partial charge is 0.289 e. The van der Waals surface area contributed by atoms with Crippen LogP contribution in [0.15, 0.2) is 9.85 Å². The number of thiophene rings is 1. The number of halogens is 2. The molecule has 1 rings (SSSR count). The second kappa shape index (κ2) is 10.8. The fourth-order valence-electron chi connectivity index (χ4n) is 1.18. The Bertz CT molecular complexity index is 226. The molecule has 0 aliphatic heterocycles. The Kier molecular flexibility index (Phi) is 13.6. The van der Waals surface area contributed by atoms with Gasteiger partial charge in [-0.25, -0.2) is 0 Å². The normalized spacial score (nSPS) is 9.00. The van der Waals surface area contributed by atoms with Crippen LogP contribution >= 0.6 is 44.2 Å². The maximum Gasteiger partial charge on any atom is 0 e. The minimum absolute atomic E-state index is 0. The summed E-state index contributed by atoms with van der Waals surface area (Å²) in [6, 6.07) is 2.18. The van der Waals surface area contributed by atoms with Crippen LogP contribution in [0.5, 0.6) is 0 Å². The van der Waals surface area contributed by atoms with Crippen LogP contribution in [0.4, 0.5) is 0 Å². The molecule has 4 heteroatoms. The smallest absolute Gasteiger partial charge is 0 e. The molecule has 0 aliphatic rings. The van der Waals surface area contributed by atoms with Crippen LogP contribution in [0.25, 0.3) is 0 Å². The molecule has 0 radical (unpaired) electrons. The van der Waals surface area contributed by atoms with Gasteiger partial charge < -0.3 is 0 Å². The van der Waals surface area contributed by atoms with E-state index in [9.17, 15) is 0 Å². The van der Waals surface area contributed by atoms with Crippen LogP contribution < -0.4 is 0 Å². The van der Waals surface area contributed by atoms with Gasteiger partial charge in [-0.1, -0.05) is 42.8 Å². The first-order chi connectivity index (χ1) is 5.83. The Balaban J connectivity index is 0. The van der Waals surface area contributed by atoms with Crippen molar-refractivity contribution >= 4 is 44.2 Å². The van der Waals surface area contributed by atoms with E-state index in [1.807, 2.05) is 0 Å². The van der Waals surface area contributed by atoms with Crippen LogP contribution in [0.2, 0.25) is 0 Å². The van der Waals surface area contributed by atoms with Gasteiger partial charge in [0.1, 0.15) is 0 Å². The Hall–Kier alpha value is 1.28. The molecule has 78 valence electrons. The predicted molar refractivity (Wildman–Crippen MR) is 69.0 cm³/mol. The van der Waals surface area contributed by atoms with E-state index < -0.39 is 0 Å². The molecule has 0 atom stereocenters. The van der Waals surface area contributed by atoms with E-state index in [0.29, 0.717) is 0 Å². The molecular weight excluding hydrogens is 377 g/mol. The van der Waals surface area contributed by atoms with Crippen LogP contribution in [-0.2, 0) is 25.9 Å². The van der Waals surface area contributed by atoms with Gasteiger partial charge in [0.05, 0.1) is 0 Å². The number of hydrogen-bond acceptors (Lipinski definition) is 1. The van der Waals surface area contributed by atoms with E-state index in [1.165, 1.54) is 41.5 Å². The van der Waals surface area contributed by atoms with Crippen LogP contribution in [0, 0.1) is 5.38 Å². The molecule has 0 aromatic carbocycles. The van der Waals surface area contributed by atoms with E-state index in [2.05, 4.69) is 34.3 Å². The number of rotatable bonds is 5. The van der Waals surface area contributed by atoms with Crippen molar-refractivity contribution in [3.05, 3.63) is 20.8 Å². The van der Waals surface area contributed by atoms with Crippen molar-refractivity contribution < 1.29 is 19.5 Å². The fourth-order valence-corrected chi connectivity index (χ4v) is 2.29. The summed E-state index contributed by atoms with van der Waals surface area (Å²) >= 11 is 5.10. The second-order valence-corrected chi connectivity index (χ2v) is 5.22. The Morgan fingerprint density at radius 2 is 2.07 bits per heavy atom. The topological polar surface area (TPSA) is 0 Å². The molecule has 1 heterocycles. The molecule has 0 saturated carbocycles. The first-order valence-electron chi connectivity index (χ1n) is 4.49. The minimum atomic E-state index is 0. The van der Waals surface area contributed by atoms with E-state index in [0.717, 1.165) is 0 Å².